The quantitative estimate of drug-likeness (QED) is 0.366. The Morgan fingerprint density at radius 1 is 1.45 bits per heavy atom. The van der Waals surface area contributed by atoms with Gasteiger partial charge in [-0.15, -0.1) is 0 Å². The highest BCUT2D eigenvalue weighted by Crippen LogP contribution is 2.21. The first-order valence-electron chi connectivity index (χ1n) is 5.45. The summed E-state index contributed by atoms with van der Waals surface area (Å²) in [5.41, 5.74) is 3.13. The Morgan fingerprint density at radius 2 is 2.25 bits per heavy atom. The maximum Gasteiger partial charge on any atom is 0.313 e. The summed E-state index contributed by atoms with van der Waals surface area (Å²) in [6.45, 7) is 0. The van der Waals surface area contributed by atoms with Crippen molar-refractivity contribution < 1.29 is 10.0 Å². The minimum Gasteiger partial charge on any atom is -0.507 e. The van der Waals surface area contributed by atoms with Crippen LogP contribution in [0.25, 0.3) is 0 Å². The summed E-state index contributed by atoms with van der Waals surface area (Å²) in [5, 5.41) is 24.1. The number of rotatable bonds is 4. The molecule has 2 rings (SSSR count). The van der Waals surface area contributed by atoms with Gasteiger partial charge in [-0.3, -0.25) is 15.5 Å². The molecule has 0 spiro atoms. The number of hydrazone groups is 1. The molecule has 0 unspecified atom stereocenters. The molecule has 8 heteroatoms. The van der Waals surface area contributed by atoms with E-state index in [1.54, 1.807) is 18.2 Å². The van der Waals surface area contributed by atoms with E-state index in [0.29, 0.717) is 3.57 Å². The fourth-order valence-electron chi connectivity index (χ4n) is 1.40. The fraction of sp³-hybridized carbons (Fsp3) is 0. The second kappa shape index (κ2) is 6.28. The molecule has 1 heterocycles. The van der Waals surface area contributed by atoms with Crippen LogP contribution in [0.5, 0.6) is 5.75 Å². The van der Waals surface area contributed by atoms with Gasteiger partial charge in [0.05, 0.1) is 14.7 Å². The highest BCUT2D eigenvalue weighted by molar-refractivity contribution is 14.1. The number of nitrogens with zero attached hydrogens (tertiary/aromatic N) is 3. The van der Waals surface area contributed by atoms with Gasteiger partial charge in [0.1, 0.15) is 5.75 Å². The number of aromatic hydroxyl groups is 1. The van der Waals surface area contributed by atoms with Gasteiger partial charge in [-0.05, 0) is 52.4 Å². The summed E-state index contributed by atoms with van der Waals surface area (Å²) in [4.78, 5) is 14.1. The predicted molar refractivity (Wildman–Crippen MR) is 82.9 cm³/mol. The summed E-state index contributed by atoms with van der Waals surface area (Å²) in [5.74, 6) is 0.262. The average Bonchev–Trinajstić information content (AvgIpc) is 2.43. The molecule has 0 aliphatic carbocycles. The van der Waals surface area contributed by atoms with Gasteiger partial charge in [0.2, 0.25) is 5.82 Å². The Kier molecular flexibility index (Phi) is 4.45. The third-order valence-corrected chi connectivity index (χ3v) is 3.20. The van der Waals surface area contributed by atoms with E-state index in [-0.39, 0.29) is 17.3 Å². The molecule has 0 radical (unpaired) electrons. The number of hydrogen-bond donors (Lipinski definition) is 2. The number of nitrogens with one attached hydrogen (secondary N) is 1. The average molecular weight is 384 g/mol. The van der Waals surface area contributed by atoms with Crippen molar-refractivity contribution in [2.24, 2.45) is 5.10 Å². The summed E-state index contributed by atoms with van der Waals surface area (Å²) in [6.07, 6.45) is 2.92. The molecule has 0 atom stereocenters. The molecule has 0 fully saturated rings. The van der Waals surface area contributed by atoms with E-state index < -0.39 is 4.92 Å². The van der Waals surface area contributed by atoms with Gasteiger partial charge in [0, 0.05) is 12.3 Å². The second-order valence-electron chi connectivity index (χ2n) is 3.71. The van der Waals surface area contributed by atoms with Crippen molar-refractivity contribution in [3.05, 3.63) is 55.8 Å². The lowest BCUT2D eigenvalue weighted by Crippen LogP contribution is -1.99. The normalized spacial score (nSPS) is 10.7. The number of nitro groups is 1. The summed E-state index contributed by atoms with van der Waals surface area (Å²) >= 11 is 1.99. The van der Waals surface area contributed by atoms with Crippen LogP contribution < -0.4 is 5.43 Å². The molecule has 2 aromatic rings. The first-order chi connectivity index (χ1) is 9.58. The Bertz CT molecular complexity index is 676. The maximum absolute atomic E-state index is 10.8. The van der Waals surface area contributed by atoms with E-state index in [1.165, 1.54) is 24.5 Å². The molecule has 0 amide bonds. The smallest absolute Gasteiger partial charge is 0.313 e. The topological polar surface area (TPSA) is 101 Å². The molecule has 1 aromatic carbocycles. The first kappa shape index (κ1) is 14.2. The Balaban J connectivity index is 2.14. The number of pyridine rings is 1. The Hall–Kier alpha value is -2.23. The van der Waals surface area contributed by atoms with E-state index in [0.717, 1.165) is 5.56 Å². The van der Waals surface area contributed by atoms with Gasteiger partial charge < -0.3 is 5.11 Å². The van der Waals surface area contributed by atoms with Crippen molar-refractivity contribution in [2.75, 3.05) is 5.43 Å². The van der Waals surface area contributed by atoms with Crippen LogP contribution >= 0.6 is 22.6 Å². The molecule has 0 aliphatic rings. The van der Waals surface area contributed by atoms with E-state index in [4.69, 9.17) is 0 Å². The minimum absolute atomic E-state index is 0.0715. The molecule has 1 aromatic heterocycles. The summed E-state index contributed by atoms with van der Waals surface area (Å²) < 4.78 is 0.690. The maximum atomic E-state index is 10.8. The van der Waals surface area contributed by atoms with Gasteiger partial charge in [-0.1, -0.05) is 0 Å². The SMILES string of the molecule is O=[N+]([O-])c1cccnc1N/N=C\c1ccc(O)c(I)c1. The van der Waals surface area contributed by atoms with E-state index >= 15 is 0 Å². The molecular formula is C12H9IN4O3. The number of phenolic OH excluding ortho intramolecular Hbond substituents is 1. The zero-order valence-electron chi connectivity index (χ0n) is 10.0. The van der Waals surface area contributed by atoms with Crippen LogP contribution in [-0.2, 0) is 0 Å². The second-order valence-corrected chi connectivity index (χ2v) is 4.87. The number of phenols is 1. The monoisotopic (exact) mass is 384 g/mol. The molecule has 102 valence electrons. The van der Waals surface area contributed by atoms with Crippen LogP contribution in [0.2, 0.25) is 0 Å². The lowest BCUT2D eigenvalue weighted by Gasteiger charge is -2.00. The number of halogens is 1. The third kappa shape index (κ3) is 3.41. The minimum atomic E-state index is -0.533. The van der Waals surface area contributed by atoms with E-state index in [2.05, 4.69) is 15.5 Å². The predicted octanol–water partition coefficient (Wildman–Crippen LogP) is 2.75. The zero-order chi connectivity index (χ0) is 14.5. The van der Waals surface area contributed by atoms with Crippen LogP contribution in [0.1, 0.15) is 5.56 Å². The molecule has 0 bridgehead atoms. The summed E-state index contributed by atoms with van der Waals surface area (Å²) in [6, 6.07) is 7.78. The molecule has 2 N–H and O–H groups in total. The summed E-state index contributed by atoms with van der Waals surface area (Å²) in [7, 11) is 0. The number of benzene rings is 1. The van der Waals surface area contributed by atoms with Gasteiger partial charge in [-0.2, -0.15) is 5.10 Å². The molecule has 20 heavy (non-hydrogen) atoms. The lowest BCUT2D eigenvalue weighted by atomic mass is 10.2. The van der Waals surface area contributed by atoms with Gasteiger partial charge in [0.15, 0.2) is 0 Å². The zero-order valence-corrected chi connectivity index (χ0v) is 12.2. The van der Waals surface area contributed by atoms with Crippen molar-refractivity contribution >= 4 is 40.3 Å². The van der Waals surface area contributed by atoms with Gasteiger partial charge in [-0.25, -0.2) is 4.98 Å². The molecule has 0 aliphatic heterocycles. The highest BCUT2D eigenvalue weighted by Gasteiger charge is 2.12. The first-order valence-corrected chi connectivity index (χ1v) is 6.53. The van der Waals surface area contributed by atoms with Crippen molar-refractivity contribution in [1.82, 2.24) is 4.98 Å². The van der Waals surface area contributed by atoms with Gasteiger partial charge >= 0.3 is 5.69 Å². The van der Waals surface area contributed by atoms with Crippen molar-refractivity contribution in [1.29, 1.82) is 0 Å². The third-order valence-electron chi connectivity index (χ3n) is 2.34. The Labute approximate surface area is 127 Å². The van der Waals surface area contributed by atoms with E-state index in [1.807, 2.05) is 22.6 Å². The highest BCUT2D eigenvalue weighted by atomic mass is 127. The number of aromatic nitrogens is 1. The van der Waals surface area contributed by atoms with Crippen LogP contribution in [0.4, 0.5) is 11.5 Å². The van der Waals surface area contributed by atoms with Crippen LogP contribution in [0.3, 0.4) is 0 Å². The lowest BCUT2D eigenvalue weighted by molar-refractivity contribution is -0.384. The number of anilines is 1. The standard InChI is InChI=1S/C12H9IN4O3/c13-9-6-8(3-4-11(9)18)7-15-16-12-10(17(19)20)2-1-5-14-12/h1-7,18H,(H,14,16)/b15-7-. The van der Waals surface area contributed by atoms with E-state index in [9.17, 15) is 15.2 Å². The van der Waals surface area contributed by atoms with Crippen molar-refractivity contribution in [3.8, 4) is 5.75 Å². The Morgan fingerprint density at radius 3 is 2.95 bits per heavy atom. The fourth-order valence-corrected chi connectivity index (χ4v) is 1.94. The molecule has 7 nitrogen and oxygen atoms in total. The van der Waals surface area contributed by atoms with Crippen LogP contribution in [0, 0.1) is 13.7 Å². The van der Waals surface area contributed by atoms with Crippen LogP contribution in [0.15, 0.2) is 41.6 Å². The largest absolute Gasteiger partial charge is 0.507 e. The van der Waals surface area contributed by atoms with Crippen molar-refractivity contribution in [2.45, 2.75) is 0 Å². The van der Waals surface area contributed by atoms with Gasteiger partial charge in [0.25, 0.3) is 0 Å². The molecular weight excluding hydrogens is 375 g/mol. The molecule has 0 saturated heterocycles. The van der Waals surface area contributed by atoms with Crippen LogP contribution in [-0.4, -0.2) is 21.2 Å². The number of hydrogen-bond acceptors (Lipinski definition) is 6. The molecule has 0 saturated carbocycles. The van der Waals surface area contributed by atoms with Crippen molar-refractivity contribution in [3.63, 3.8) is 0 Å².